The van der Waals surface area contributed by atoms with Gasteiger partial charge >= 0.3 is 11.9 Å². The highest BCUT2D eigenvalue weighted by atomic mass is 16.5. The maximum Gasteiger partial charge on any atom is 0.338 e. The van der Waals surface area contributed by atoms with Crippen LogP contribution in [0.5, 0.6) is 0 Å². The minimum atomic E-state index is -0.349. The van der Waals surface area contributed by atoms with E-state index in [9.17, 15) is 9.59 Å². The van der Waals surface area contributed by atoms with E-state index in [2.05, 4.69) is 6.58 Å². The van der Waals surface area contributed by atoms with E-state index < -0.39 is 0 Å². The zero-order valence-electron chi connectivity index (χ0n) is 16.9. The Morgan fingerprint density at radius 1 is 0.793 bits per heavy atom. The number of benzene rings is 2. The lowest BCUT2D eigenvalue weighted by Gasteiger charge is -2.09. The quantitative estimate of drug-likeness (QED) is 0.221. The molecule has 4 heteroatoms. The van der Waals surface area contributed by atoms with Crippen LogP contribution in [0.1, 0.15) is 43.7 Å². The summed E-state index contributed by atoms with van der Waals surface area (Å²) in [6.45, 7) is 5.93. The minimum Gasteiger partial charge on any atom is -0.462 e. The van der Waals surface area contributed by atoms with Crippen molar-refractivity contribution in [2.45, 2.75) is 32.6 Å². The Bertz CT molecular complexity index is 822. The van der Waals surface area contributed by atoms with Crippen molar-refractivity contribution in [1.29, 1.82) is 0 Å². The molecule has 2 aromatic rings. The second-order valence-electron chi connectivity index (χ2n) is 6.80. The normalized spacial score (nSPS) is 11.0. The van der Waals surface area contributed by atoms with E-state index in [1.807, 2.05) is 66.7 Å². The predicted octanol–water partition coefficient (Wildman–Crippen LogP) is 5.45. The average Bonchev–Trinajstić information content (AvgIpc) is 2.74. The molecule has 0 aliphatic carbocycles. The molecule has 0 N–H and O–H groups in total. The third kappa shape index (κ3) is 8.18. The van der Waals surface area contributed by atoms with Crippen molar-refractivity contribution in [3.05, 3.63) is 83.9 Å². The van der Waals surface area contributed by atoms with E-state index in [1.54, 1.807) is 6.92 Å². The lowest BCUT2D eigenvalue weighted by molar-refractivity contribution is -0.139. The summed E-state index contributed by atoms with van der Waals surface area (Å²) in [7, 11) is 0. The van der Waals surface area contributed by atoms with Crippen molar-refractivity contribution in [2.24, 2.45) is 0 Å². The van der Waals surface area contributed by atoms with Crippen molar-refractivity contribution >= 4 is 23.6 Å². The van der Waals surface area contributed by atoms with Crippen LogP contribution < -0.4 is 0 Å². The van der Waals surface area contributed by atoms with Crippen LogP contribution in [0, 0.1) is 0 Å². The molecule has 0 heterocycles. The molecule has 0 aliphatic heterocycles. The third-order valence-electron chi connectivity index (χ3n) is 4.27. The van der Waals surface area contributed by atoms with Gasteiger partial charge in [0, 0.05) is 5.57 Å². The number of esters is 2. The van der Waals surface area contributed by atoms with Gasteiger partial charge in [0.25, 0.3) is 0 Å². The number of hydrogen-bond donors (Lipinski definition) is 0. The Labute approximate surface area is 172 Å². The standard InChI is InChI=1S/C25H28O4/c1-20(2)24(26)28-17-11-3-4-12-18-29-25(27)23(22-15-9-6-10-16-22)19-21-13-7-5-8-14-21/h5-10,13-16,19H,1,3-4,11-12,17-18H2,2H3/b23-19-. The van der Waals surface area contributed by atoms with Gasteiger partial charge in [-0.3, -0.25) is 0 Å². The van der Waals surface area contributed by atoms with E-state index in [0.29, 0.717) is 24.4 Å². The molecule has 0 saturated heterocycles. The highest BCUT2D eigenvalue weighted by Gasteiger charge is 2.13. The van der Waals surface area contributed by atoms with Crippen molar-refractivity contribution in [2.75, 3.05) is 13.2 Å². The molecule has 0 unspecified atom stereocenters. The molecule has 2 aromatic carbocycles. The van der Waals surface area contributed by atoms with Gasteiger partial charge in [-0.1, -0.05) is 67.2 Å². The van der Waals surface area contributed by atoms with Gasteiger partial charge in [-0.2, -0.15) is 0 Å². The number of rotatable bonds is 11. The average molecular weight is 392 g/mol. The SMILES string of the molecule is C=C(C)C(=O)OCCCCCCOC(=O)/C(=C\c1ccccc1)c1ccccc1. The van der Waals surface area contributed by atoms with Gasteiger partial charge in [0.05, 0.1) is 18.8 Å². The molecule has 0 radical (unpaired) electrons. The summed E-state index contributed by atoms with van der Waals surface area (Å²) in [5, 5.41) is 0. The van der Waals surface area contributed by atoms with Crippen LogP contribution in [-0.4, -0.2) is 25.2 Å². The molecule has 0 spiro atoms. The zero-order valence-corrected chi connectivity index (χ0v) is 16.9. The summed E-state index contributed by atoms with van der Waals surface area (Å²) >= 11 is 0. The van der Waals surface area contributed by atoms with Crippen LogP contribution in [-0.2, 0) is 19.1 Å². The number of ether oxygens (including phenoxy) is 2. The molecule has 0 atom stereocenters. The molecule has 2 rings (SSSR count). The first kappa shape index (κ1) is 22.2. The van der Waals surface area contributed by atoms with Gasteiger partial charge in [-0.25, -0.2) is 9.59 Å². The number of unbranched alkanes of at least 4 members (excludes halogenated alkanes) is 3. The second-order valence-corrected chi connectivity index (χ2v) is 6.80. The van der Waals surface area contributed by atoms with Crippen LogP contribution in [0.3, 0.4) is 0 Å². The summed E-state index contributed by atoms with van der Waals surface area (Å²) in [6.07, 6.45) is 5.23. The highest BCUT2D eigenvalue weighted by molar-refractivity contribution is 6.21. The van der Waals surface area contributed by atoms with Gasteiger partial charge in [-0.05, 0) is 49.8 Å². The Hall–Kier alpha value is -3.14. The first-order valence-corrected chi connectivity index (χ1v) is 9.90. The molecular weight excluding hydrogens is 364 g/mol. The largest absolute Gasteiger partial charge is 0.462 e. The minimum absolute atomic E-state index is 0.324. The Morgan fingerprint density at radius 2 is 1.31 bits per heavy atom. The Balaban J connectivity index is 1.80. The molecule has 0 aromatic heterocycles. The van der Waals surface area contributed by atoms with Gasteiger partial charge in [-0.15, -0.1) is 0 Å². The Kier molecular flexibility index (Phi) is 9.43. The first-order chi connectivity index (χ1) is 14.1. The summed E-state index contributed by atoms with van der Waals surface area (Å²) < 4.78 is 10.6. The molecule has 0 aliphatic rings. The summed E-state index contributed by atoms with van der Waals surface area (Å²) in [4.78, 5) is 23.9. The molecule has 152 valence electrons. The van der Waals surface area contributed by atoms with Crippen LogP contribution in [0.15, 0.2) is 72.8 Å². The van der Waals surface area contributed by atoms with Crippen LogP contribution in [0.2, 0.25) is 0 Å². The maximum atomic E-state index is 12.7. The van der Waals surface area contributed by atoms with Crippen molar-refractivity contribution < 1.29 is 19.1 Å². The topological polar surface area (TPSA) is 52.6 Å². The van der Waals surface area contributed by atoms with E-state index in [0.717, 1.165) is 36.8 Å². The van der Waals surface area contributed by atoms with E-state index in [4.69, 9.17) is 9.47 Å². The van der Waals surface area contributed by atoms with Crippen molar-refractivity contribution in [3.8, 4) is 0 Å². The number of carbonyl (C=O) groups is 2. The lowest BCUT2D eigenvalue weighted by Crippen LogP contribution is -2.09. The van der Waals surface area contributed by atoms with Gasteiger partial charge in [0.15, 0.2) is 0 Å². The summed E-state index contributed by atoms with van der Waals surface area (Å²) in [6, 6.07) is 19.3. The molecule has 29 heavy (non-hydrogen) atoms. The zero-order chi connectivity index (χ0) is 20.9. The van der Waals surface area contributed by atoms with Gasteiger partial charge in [0.1, 0.15) is 0 Å². The fourth-order valence-corrected chi connectivity index (χ4v) is 2.68. The number of carbonyl (C=O) groups excluding carboxylic acids is 2. The Morgan fingerprint density at radius 3 is 1.86 bits per heavy atom. The second kappa shape index (κ2) is 12.3. The molecule has 4 nitrogen and oxygen atoms in total. The molecular formula is C25H28O4. The third-order valence-corrected chi connectivity index (χ3v) is 4.27. The first-order valence-electron chi connectivity index (χ1n) is 9.90. The summed E-state index contributed by atoms with van der Waals surface area (Å²) in [5.41, 5.74) is 2.74. The molecule has 0 saturated carbocycles. The van der Waals surface area contributed by atoms with Crippen LogP contribution >= 0.6 is 0 Å². The maximum absolute atomic E-state index is 12.7. The molecule has 0 bridgehead atoms. The van der Waals surface area contributed by atoms with Crippen LogP contribution in [0.4, 0.5) is 0 Å². The summed E-state index contributed by atoms with van der Waals surface area (Å²) in [5.74, 6) is -0.673. The van der Waals surface area contributed by atoms with Gasteiger partial charge < -0.3 is 9.47 Å². The lowest BCUT2D eigenvalue weighted by atomic mass is 10.0. The van der Waals surface area contributed by atoms with E-state index in [-0.39, 0.29) is 11.9 Å². The van der Waals surface area contributed by atoms with Crippen molar-refractivity contribution in [1.82, 2.24) is 0 Å². The van der Waals surface area contributed by atoms with Crippen molar-refractivity contribution in [3.63, 3.8) is 0 Å². The van der Waals surface area contributed by atoms with Crippen LogP contribution in [0.25, 0.3) is 11.6 Å². The smallest absolute Gasteiger partial charge is 0.338 e. The fourth-order valence-electron chi connectivity index (χ4n) is 2.68. The van der Waals surface area contributed by atoms with E-state index >= 15 is 0 Å². The monoisotopic (exact) mass is 392 g/mol. The number of hydrogen-bond acceptors (Lipinski definition) is 4. The predicted molar refractivity (Wildman–Crippen MR) is 116 cm³/mol. The van der Waals surface area contributed by atoms with E-state index in [1.165, 1.54) is 0 Å². The molecule has 0 fully saturated rings. The highest BCUT2D eigenvalue weighted by Crippen LogP contribution is 2.20. The molecule has 0 amide bonds. The fraction of sp³-hybridized carbons (Fsp3) is 0.280. The van der Waals surface area contributed by atoms with Gasteiger partial charge in [0.2, 0.25) is 0 Å².